The number of carbonyl (C=O) groups is 1. The third-order valence-electron chi connectivity index (χ3n) is 6.44. The zero-order chi connectivity index (χ0) is 19.3. The molecule has 1 amide bonds. The SMILES string of the molecule is CC(=O)N1C[C@H]2CN(Cc3[nH]nc4ncccc34)C[C@H]2[C@H]1c1ccccc1C.Cl. The number of carbonyl (C=O) groups excluding carboxylic acids is 1. The van der Waals surface area contributed by atoms with Crippen LogP contribution in [0.1, 0.15) is 29.8 Å². The molecule has 6 nitrogen and oxygen atoms in total. The number of aryl methyl sites for hydroxylation is 1. The standard InChI is InChI=1S/C22H25N5O.ClH/c1-14-6-3-4-7-17(14)21-19-12-26(10-16(19)11-27(21)15(2)28)13-20-18-8-5-9-23-22(18)25-24-20;/h3-9,16,19,21H,10-13H2,1-2H3,(H,23,24,25);1H/t16-,19-,21-;/m1./s1. The summed E-state index contributed by atoms with van der Waals surface area (Å²) < 4.78 is 0. The van der Waals surface area contributed by atoms with Crippen LogP contribution in [0.2, 0.25) is 0 Å². The maximum Gasteiger partial charge on any atom is 0.219 e. The number of hydrogen-bond acceptors (Lipinski definition) is 4. The van der Waals surface area contributed by atoms with Crippen molar-refractivity contribution >= 4 is 29.3 Å². The highest BCUT2D eigenvalue weighted by Gasteiger charge is 2.48. The Hall–Kier alpha value is -2.44. The quantitative estimate of drug-likeness (QED) is 0.717. The van der Waals surface area contributed by atoms with Crippen LogP contribution in [0.15, 0.2) is 42.6 Å². The van der Waals surface area contributed by atoms with E-state index in [0.29, 0.717) is 11.8 Å². The van der Waals surface area contributed by atoms with Crippen molar-refractivity contribution in [1.29, 1.82) is 0 Å². The molecule has 0 aliphatic carbocycles. The van der Waals surface area contributed by atoms with Crippen molar-refractivity contribution in [2.45, 2.75) is 26.4 Å². The third kappa shape index (κ3) is 3.40. The molecule has 5 rings (SSSR count). The number of hydrogen-bond donors (Lipinski definition) is 1. The molecule has 1 N–H and O–H groups in total. The van der Waals surface area contributed by atoms with Gasteiger partial charge in [0.25, 0.3) is 0 Å². The molecular weight excluding hydrogens is 386 g/mol. The fourth-order valence-corrected chi connectivity index (χ4v) is 5.15. The van der Waals surface area contributed by atoms with E-state index in [9.17, 15) is 4.79 Å². The van der Waals surface area contributed by atoms with Crippen molar-refractivity contribution < 1.29 is 4.79 Å². The van der Waals surface area contributed by atoms with Gasteiger partial charge in [-0.15, -0.1) is 12.4 Å². The Labute approximate surface area is 176 Å². The zero-order valence-corrected chi connectivity index (χ0v) is 17.5. The number of aromatic nitrogens is 3. The van der Waals surface area contributed by atoms with Crippen LogP contribution < -0.4 is 0 Å². The summed E-state index contributed by atoms with van der Waals surface area (Å²) in [5, 5.41) is 8.59. The number of H-pyrrole nitrogens is 1. The molecule has 29 heavy (non-hydrogen) atoms. The lowest BCUT2D eigenvalue weighted by molar-refractivity contribution is -0.130. The normalized spacial score (nSPS) is 23.9. The highest BCUT2D eigenvalue weighted by molar-refractivity contribution is 5.85. The minimum atomic E-state index is 0. The first-order chi connectivity index (χ1) is 13.6. The Morgan fingerprint density at radius 1 is 1.17 bits per heavy atom. The lowest BCUT2D eigenvalue weighted by Gasteiger charge is -2.30. The number of nitrogens with one attached hydrogen (secondary N) is 1. The molecule has 1 aromatic carbocycles. The van der Waals surface area contributed by atoms with Gasteiger partial charge in [0.15, 0.2) is 5.65 Å². The van der Waals surface area contributed by atoms with E-state index in [1.165, 1.54) is 11.1 Å². The minimum absolute atomic E-state index is 0. The number of benzene rings is 1. The minimum Gasteiger partial charge on any atom is -0.335 e. The Morgan fingerprint density at radius 2 is 2.00 bits per heavy atom. The van der Waals surface area contributed by atoms with Crippen molar-refractivity contribution in [2.24, 2.45) is 11.8 Å². The van der Waals surface area contributed by atoms with Gasteiger partial charge in [0, 0.05) is 50.6 Å². The van der Waals surface area contributed by atoms with Gasteiger partial charge in [-0.2, -0.15) is 5.10 Å². The lowest BCUT2D eigenvalue weighted by atomic mass is 9.87. The van der Waals surface area contributed by atoms with Gasteiger partial charge in [0.1, 0.15) is 0 Å². The predicted octanol–water partition coefficient (Wildman–Crippen LogP) is 3.34. The Bertz CT molecular complexity index is 1030. The van der Waals surface area contributed by atoms with Gasteiger partial charge in [0.05, 0.1) is 11.7 Å². The van der Waals surface area contributed by atoms with Crippen LogP contribution in [0.25, 0.3) is 11.0 Å². The zero-order valence-electron chi connectivity index (χ0n) is 16.7. The van der Waals surface area contributed by atoms with Crippen molar-refractivity contribution in [3.63, 3.8) is 0 Å². The summed E-state index contributed by atoms with van der Waals surface area (Å²) in [6.07, 6.45) is 1.77. The van der Waals surface area contributed by atoms with Gasteiger partial charge in [-0.3, -0.25) is 14.8 Å². The monoisotopic (exact) mass is 411 g/mol. The molecule has 2 fully saturated rings. The maximum atomic E-state index is 12.3. The Kier molecular flexibility index (Phi) is 5.32. The number of fused-ring (bicyclic) bond motifs is 2. The number of pyridine rings is 1. The van der Waals surface area contributed by atoms with Crippen molar-refractivity contribution in [1.82, 2.24) is 25.0 Å². The topological polar surface area (TPSA) is 65.1 Å². The molecule has 2 aromatic heterocycles. The average Bonchev–Trinajstić information content (AvgIpc) is 3.36. The first kappa shape index (κ1) is 19.9. The summed E-state index contributed by atoms with van der Waals surface area (Å²) >= 11 is 0. The summed E-state index contributed by atoms with van der Waals surface area (Å²) in [6.45, 7) is 7.55. The molecule has 2 aliphatic rings. The van der Waals surface area contributed by atoms with E-state index in [4.69, 9.17) is 0 Å². The van der Waals surface area contributed by atoms with E-state index >= 15 is 0 Å². The fourth-order valence-electron chi connectivity index (χ4n) is 5.15. The molecule has 4 heterocycles. The van der Waals surface area contributed by atoms with Crippen LogP contribution in [0, 0.1) is 18.8 Å². The van der Waals surface area contributed by atoms with Crippen LogP contribution >= 0.6 is 12.4 Å². The van der Waals surface area contributed by atoms with E-state index in [-0.39, 0.29) is 24.4 Å². The van der Waals surface area contributed by atoms with Gasteiger partial charge in [-0.1, -0.05) is 24.3 Å². The van der Waals surface area contributed by atoms with Crippen molar-refractivity contribution in [2.75, 3.05) is 19.6 Å². The first-order valence-electron chi connectivity index (χ1n) is 9.95. The van der Waals surface area contributed by atoms with Gasteiger partial charge < -0.3 is 4.90 Å². The summed E-state index contributed by atoms with van der Waals surface area (Å²) in [6, 6.07) is 12.7. The highest BCUT2D eigenvalue weighted by Crippen LogP contribution is 2.46. The highest BCUT2D eigenvalue weighted by atomic mass is 35.5. The largest absolute Gasteiger partial charge is 0.335 e. The van der Waals surface area contributed by atoms with Crippen molar-refractivity contribution in [3.05, 3.63) is 59.4 Å². The molecule has 2 saturated heterocycles. The lowest BCUT2D eigenvalue weighted by Crippen LogP contribution is -2.34. The molecule has 7 heteroatoms. The summed E-state index contributed by atoms with van der Waals surface area (Å²) in [4.78, 5) is 21.3. The van der Waals surface area contributed by atoms with Gasteiger partial charge in [-0.05, 0) is 36.1 Å². The summed E-state index contributed by atoms with van der Waals surface area (Å²) in [7, 11) is 0. The number of rotatable bonds is 3. The molecule has 3 aromatic rings. The third-order valence-corrected chi connectivity index (χ3v) is 6.44. The van der Waals surface area contributed by atoms with Crippen LogP contribution in [-0.2, 0) is 11.3 Å². The van der Waals surface area contributed by atoms with Crippen LogP contribution in [0.5, 0.6) is 0 Å². The van der Waals surface area contributed by atoms with E-state index in [2.05, 4.69) is 62.2 Å². The van der Waals surface area contributed by atoms with E-state index < -0.39 is 0 Å². The number of likely N-dealkylation sites (tertiary alicyclic amines) is 2. The molecule has 0 bridgehead atoms. The Morgan fingerprint density at radius 3 is 2.79 bits per heavy atom. The predicted molar refractivity (Wildman–Crippen MR) is 115 cm³/mol. The molecule has 152 valence electrons. The molecule has 2 aliphatic heterocycles. The fraction of sp³-hybridized carbons (Fsp3) is 0.409. The second-order valence-corrected chi connectivity index (χ2v) is 8.17. The molecule has 0 spiro atoms. The first-order valence-corrected chi connectivity index (χ1v) is 9.95. The molecule has 0 radical (unpaired) electrons. The van der Waals surface area contributed by atoms with E-state index in [1.807, 2.05) is 6.07 Å². The molecule has 0 unspecified atom stereocenters. The Balaban J connectivity index is 0.00000205. The van der Waals surface area contributed by atoms with Crippen LogP contribution in [-0.4, -0.2) is 50.5 Å². The number of nitrogens with zero attached hydrogens (tertiary/aromatic N) is 4. The number of aromatic amines is 1. The smallest absolute Gasteiger partial charge is 0.219 e. The van der Waals surface area contributed by atoms with E-state index in [0.717, 1.165) is 42.9 Å². The second-order valence-electron chi connectivity index (χ2n) is 8.17. The van der Waals surface area contributed by atoms with Crippen LogP contribution in [0.4, 0.5) is 0 Å². The summed E-state index contributed by atoms with van der Waals surface area (Å²) in [5.74, 6) is 1.16. The maximum absolute atomic E-state index is 12.3. The second kappa shape index (κ2) is 7.76. The van der Waals surface area contributed by atoms with E-state index in [1.54, 1.807) is 13.1 Å². The molecular formula is C22H26ClN5O. The molecule has 0 saturated carbocycles. The number of amides is 1. The number of halogens is 1. The van der Waals surface area contributed by atoms with Gasteiger partial charge >= 0.3 is 0 Å². The average molecular weight is 412 g/mol. The summed E-state index contributed by atoms with van der Waals surface area (Å²) in [5.41, 5.74) is 4.46. The molecule has 3 atom stereocenters. The van der Waals surface area contributed by atoms with Gasteiger partial charge in [0.2, 0.25) is 5.91 Å². The van der Waals surface area contributed by atoms with Gasteiger partial charge in [-0.25, -0.2) is 4.98 Å². The van der Waals surface area contributed by atoms with Crippen LogP contribution in [0.3, 0.4) is 0 Å². The van der Waals surface area contributed by atoms with Crippen molar-refractivity contribution in [3.8, 4) is 0 Å².